The summed E-state index contributed by atoms with van der Waals surface area (Å²) in [5.41, 5.74) is 2.85. The molecule has 0 fully saturated rings. The zero-order valence-electron chi connectivity index (χ0n) is 12.2. The fraction of sp³-hybridized carbons (Fsp3) is 0.529. The Hall–Kier alpha value is -1.48. The number of rotatable bonds is 5. The molecule has 0 spiro atoms. The zero-order chi connectivity index (χ0) is 13.8. The highest BCUT2D eigenvalue weighted by Gasteiger charge is 2.21. The average molecular weight is 273 g/mol. The van der Waals surface area contributed by atoms with E-state index in [1.165, 1.54) is 31.2 Å². The van der Waals surface area contributed by atoms with Gasteiger partial charge in [-0.15, -0.1) is 0 Å². The van der Waals surface area contributed by atoms with Crippen molar-refractivity contribution in [2.75, 3.05) is 20.3 Å². The molecule has 1 unspecified atom stereocenters. The molecule has 1 aliphatic carbocycles. The molecular weight excluding hydrogens is 250 g/mol. The van der Waals surface area contributed by atoms with Gasteiger partial charge in [-0.05, 0) is 50.4 Å². The Labute approximate surface area is 121 Å². The van der Waals surface area contributed by atoms with Crippen LogP contribution in [0.5, 0.6) is 11.5 Å². The summed E-state index contributed by atoms with van der Waals surface area (Å²) >= 11 is 0. The number of allylic oxidation sites excluding steroid dienone is 1. The summed E-state index contributed by atoms with van der Waals surface area (Å²) in [6.45, 7) is 1.84. The smallest absolute Gasteiger partial charge is 0.124 e. The van der Waals surface area contributed by atoms with Crippen molar-refractivity contribution in [3.63, 3.8) is 0 Å². The summed E-state index contributed by atoms with van der Waals surface area (Å²) in [5.74, 6) is 1.90. The minimum atomic E-state index is 0.385. The first-order valence-electron chi connectivity index (χ1n) is 7.59. The van der Waals surface area contributed by atoms with Crippen molar-refractivity contribution in [3.8, 4) is 11.5 Å². The maximum Gasteiger partial charge on any atom is 0.124 e. The molecule has 0 amide bonds. The first-order valence-corrected chi connectivity index (χ1v) is 7.59. The number of nitrogens with one attached hydrogen (secondary N) is 1. The fourth-order valence-electron chi connectivity index (χ4n) is 3.08. The number of methoxy groups -OCH3 is 1. The van der Waals surface area contributed by atoms with Crippen molar-refractivity contribution in [2.45, 2.75) is 38.1 Å². The van der Waals surface area contributed by atoms with Crippen LogP contribution in [0.3, 0.4) is 0 Å². The number of fused-ring (bicyclic) bond motifs is 1. The minimum Gasteiger partial charge on any atom is -0.497 e. The summed E-state index contributed by atoms with van der Waals surface area (Å²) in [7, 11) is 1.71. The van der Waals surface area contributed by atoms with Crippen LogP contribution in [-0.2, 0) is 0 Å². The molecule has 0 saturated carbocycles. The zero-order valence-corrected chi connectivity index (χ0v) is 12.2. The topological polar surface area (TPSA) is 30.5 Å². The molecule has 1 aromatic rings. The van der Waals surface area contributed by atoms with Gasteiger partial charge in [0.05, 0.1) is 13.7 Å². The van der Waals surface area contributed by atoms with E-state index in [9.17, 15) is 0 Å². The van der Waals surface area contributed by atoms with E-state index in [1.54, 1.807) is 12.7 Å². The quantitative estimate of drug-likeness (QED) is 0.831. The molecule has 2 aliphatic rings. The van der Waals surface area contributed by atoms with Crippen molar-refractivity contribution in [1.82, 2.24) is 5.32 Å². The molecule has 0 saturated heterocycles. The molecule has 1 atom stereocenters. The molecule has 20 heavy (non-hydrogen) atoms. The number of hydrogen-bond donors (Lipinski definition) is 1. The fourth-order valence-corrected chi connectivity index (χ4v) is 3.08. The van der Waals surface area contributed by atoms with Gasteiger partial charge in [0.1, 0.15) is 11.5 Å². The predicted octanol–water partition coefficient (Wildman–Crippen LogP) is 3.61. The maximum atomic E-state index is 5.73. The molecular formula is C17H23NO2. The highest BCUT2D eigenvalue weighted by atomic mass is 16.5. The van der Waals surface area contributed by atoms with E-state index in [-0.39, 0.29) is 0 Å². The predicted molar refractivity (Wildman–Crippen MR) is 80.4 cm³/mol. The summed E-state index contributed by atoms with van der Waals surface area (Å²) < 4.78 is 11.0. The van der Waals surface area contributed by atoms with Crippen LogP contribution in [0.15, 0.2) is 29.8 Å². The molecule has 0 radical (unpaired) electrons. The van der Waals surface area contributed by atoms with Gasteiger partial charge < -0.3 is 14.8 Å². The molecule has 3 rings (SSSR count). The van der Waals surface area contributed by atoms with Gasteiger partial charge in [0.15, 0.2) is 0 Å². The SMILES string of the molecule is COc1ccc2c(c1)C(NCCC1=CCCC1)CCO2. The van der Waals surface area contributed by atoms with Crippen LogP contribution in [-0.4, -0.2) is 20.3 Å². The number of ether oxygens (including phenoxy) is 2. The third-order valence-corrected chi connectivity index (χ3v) is 4.23. The van der Waals surface area contributed by atoms with E-state index in [2.05, 4.69) is 17.5 Å². The molecule has 0 aromatic heterocycles. The van der Waals surface area contributed by atoms with Crippen LogP contribution in [0, 0.1) is 0 Å². The normalized spacial score (nSPS) is 21.1. The van der Waals surface area contributed by atoms with Crippen LogP contribution < -0.4 is 14.8 Å². The van der Waals surface area contributed by atoms with Crippen LogP contribution in [0.25, 0.3) is 0 Å². The molecule has 1 heterocycles. The highest BCUT2D eigenvalue weighted by molar-refractivity contribution is 5.43. The average Bonchev–Trinajstić information content (AvgIpc) is 3.00. The van der Waals surface area contributed by atoms with Gasteiger partial charge in [-0.2, -0.15) is 0 Å². The molecule has 108 valence electrons. The second kappa shape index (κ2) is 6.31. The molecule has 0 bridgehead atoms. The Kier molecular flexibility index (Phi) is 4.26. The standard InChI is InChI=1S/C17H23NO2/c1-19-14-6-7-17-15(12-14)16(9-11-20-17)18-10-8-13-4-2-3-5-13/h4,6-7,12,16,18H,2-3,5,8-11H2,1H3. The summed E-state index contributed by atoms with van der Waals surface area (Å²) in [5, 5.41) is 3.68. The van der Waals surface area contributed by atoms with Gasteiger partial charge in [-0.25, -0.2) is 0 Å². The van der Waals surface area contributed by atoms with Crippen LogP contribution in [0.4, 0.5) is 0 Å². The van der Waals surface area contributed by atoms with E-state index >= 15 is 0 Å². The lowest BCUT2D eigenvalue weighted by Gasteiger charge is -2.27. The van der Waals surface area contributed by atoms with Gasteiger partial charge in [-0.1, -0.05) is 11.6 Å². The largest absolute Gasteiger partial charge is 0.497 e. The first kappa shape index (κ1) is 13.5. The van der Waals surface area contributed by atoms with E-state index in [1.807, 2.05) is 12.1 Å². The Bertz CT molecular complexity index is 496. The second-order valence-electron chi connectivity index (χ2n) is 5.55. The number of hydrogen-bond acceptors (Lipinski definition) is 3. The summed E-state index contributed by atoms with van der Waals surface area (Å²) in [4.78, 5) is 0. The van der Waals surface area contributed by atoms with Crippen molar-refractivity contribution >= 4 is 0 Å². The summed E-state index contributed by atoms with van der Waals surface area (Å²) in [6.07, 6.45) is 8.51. The summed E-state index contributed by atoms with van der Waals surface area (Å²) in [6, 6.07) is 6.46. The lowest BCUT2D eigenvalue weighted by molar-refractivity contribution is 0.252. The third kappa shape index (κ3) is 2.98. The van der Waals surface area contributed by atoms with Gasteiger partial charge in [0, 0.05) is 18.0 Å². The minimum absolute atomic E-state index is 0.385. The van der Waals surface area contributed by atoms with E-state index in [4.69, 9.17) is 9.47 Å². The first-order chi connectivity index (χ1) is 9.86. The van der Waals surface area contributed by atoms with Gasteiger partial charge in [-0.3, -0.25) is 0 Å². The Balaban J connectivity index is 1.63. The van der Waals surface area contributed by atoms with Crippen molar-refractivity contribution < 1.29 is 9.47 Å². The van der Waals surface area contributed by atoms with Crippen LogP contribution in [0.2, 0.25) is 0 Å². The van der Waals surface area contributed by atoms with Crippen molar-refractivity contribution in [3.05, 3.63) is 35.4 Å². The second-order valence-corrected chi connectivity index (χ2v) is 5.55. The maximum absolute atomic E-state index is 5.73. The van der Waals surface area contributed by atoms with Gasteiger partial charge in [0.2, 0.25) is 0 Å². The van der Waals surface area contributed by atoms with E-state index in [0.29, 0.717) is 6.04 Å². The highest BCUT2D eigenvalue weighted by Crippen LogP contribution is 2.34. The lowest BCUT2D eigenvalue weighted by atomic mass is 10.00. The lowest BCUT2D eigenvalue weighted by Crippen LogP contribution is -2.28. The molecule has 3 nitrogen and oxygen atoms in total. The van der Waals surface area contributed by atoms with E-state index in [0.717, 1.165) is 31.1 Å². The van der Waals surface area contributed by atoms with Crippen molar-refractivity contribution in [2.24, 2.45) is 0 Å². The van der Waals surface area contributed by atoms with Gasteiger partial charge in [0.25, 0.3) is 0 Å². The number of benzene rings is 1. The monoisotopic (exact) mass is 273 g/mol. The molecule has 3 heteroatoms. The molecule has 1 aliphatic heterocycles. The van der Waals surface area contributed by atoms with E-state index < -0.39 is 0 Å². The van der Waals surface area contributed by atoms with Crippen LogP contribution in [0.1, 0.15) is 43.7 Å². The molecule has 1 aromatic carbocycles. The van der Waals surface area contributed by atoms with Crippen molar-refractivity contribution in [1.29, 1.82) is 0 Å². The Morgan fingerprint density at radius 1 is 1.40 bits per heavy atom. The van der Waals surface area contributed by atoms with Crippen LogP contribution >= 0.6 is 0 Å². The third-order valence-electron chi connectivity index (χ3n) is 4.23. The Morgan fingerprint density at radius 3 is 3.15 bits per heavy atom. The Morgan fingerprint density at radius 2 is 2.35 bits per heavy atom. The van der Waals surface area contributed by atoms with Gasteiger partial charge >= 0.3 is 0 Å². The molecule has 1 N–H and O–H groups in total.